The van der Waals surface area contributed by atoms with Crippen molar-refractivity contribution in [2.24, 2.45) is 7.05 Å². The summed E-state index contributed by atoms with van der Waals surface area (Å²) in [7, 11) is 1.49. The van der Waals surface area contributed by atoms with Gasteiger partial charge in [-0.1, -0.05) is 6.07 Å². The zero-order valence-electron chi connectivity index (χ0n) is 12.6. The van der Waals surface area contributed by atoms with Gasteiger partial charge in [-0.15, -0.1) is 0 Å². The van der Waals surface area contributed by atoms with Crippen LogP contribution in [0.3, 0.4) is 0 Å². The van der Waals surface area contributed by atoms with Crippen LogP contribution in [0.1, 0.15) is 12.5 Å². The lowest BCUT2D eigenvalue weighted by molar-refractivity contribution is -0.123. The molecule has 1 unspecified atom stereocenters. The molecule has 2 aromatic rings. The lowest BCUT2D eigenvalue weighted by atomic mass is 9.95. The summed E-state index contributed by atoms with van der Waals surface area (Å²) < 4.78 is 28.8. The van der Waals surface area contributed by atoms with Gasteiger partial charge in [0.1, 0.15) is 30.1 Å². The first kappa shape index (κ1) is 16.8. The largest absolute Gasteiger partial charge is 0.383 e. The average molecular weight is 326 g/mol. The molecule has 7 nitrogen and oxygen atoms in total. The molecule has 0 saturated heterocycles. The van der Waals surface area contributed by atoms with E-state index in [0.29, 0.717) is 6.07 Å². The molecule has 1 atom stereocenters. The molecule has 0 saturated carbocycles. The summed E-state index contributed by atoms with van der Waals surface area (Å²) in [6.45, 7) is 0.647. The number of benzene rings is 1. The molecule has 23 heavy (non-hydrogen) atoms. The third kappa shape index (κ3) is 3.81. The summed E-state index contributed by atoms with van der Waals surface area (Å²) in [6, 6.07) is 2.78. The molecule has 9 heteroatoms. The average Bonchev–Trinajstić information content (AvgIpc) is 2.77. The second-order valence-corrected chi connectivity index (χ2v) is 5.36. The molecule has 1 amide bonds. The summed E-state index contributed by atoms with van der Waals surface area (Å²) in [4.78, 5) is 23.4. The van der Waals surface area contributed by atoms with Gasteiger partial charge in [0, 0.05) is 18.7 Å². The molecule has 2 rings (SSSR count). The molecule has 1 aromatic heterocycles. The SMILES string of the molecule is Cn1cnn(CC(=O)NCC(C)(O)c2ccc(F)cc2F)c1=O. The van der Waals surface area contributed by atoms with Gasteiger partial charge in [-0.2, -0.15) is 5.10 Å². The Bertz CT molecular complexity index is 783. The van der Waals surface area contributed by atoms with Crippen molar-refractivity contribution in [3.63, 3.8) is 0 Å². The van der Waals surface area contributed by atoms with Crippen molar-refractivity contribution in [2.45, 2.75) is 19.1 Å². The number of aromatic nitrogens is 3. The first-order valence-corrected chi connectivity index (χ1v) is 6.74. The fourth-order valence-electron chi connectivity index (χ4n) is 2.01. The first-order valence-electron chi connectivity index (χ1n) is 6.74. The summed E-state index contributed by atoms with van der Waals surface area (Å²) >= 11 is 0. The number of halogens is 2. The zero-order valence-corrected chi connectivity index (χ0v) is 12.6. The molecule has 0 radical (unpaired) electrons. The van der Waals surface area contributed by atoms with E-state index in [1.54, 1.807) is 0 Å². The molecule has 1 aromatic carbocycles. The maximum atomic E-state index is 13.7. The Hall–Kier alpha value is -2.55. The molecule has 0 fully saturated rings. The quantitative estimate of drug-likeness (QED) is 0.802. The molecule has 124 valence electrons. The Kier molecular flexibility index (Phi) is 4.60. The Balaban J connectivity index is 2.02. The highest BCUT2D eigenvalue weighted by molar-refractivity contribution is 5.75. The maximum absolute atomic E-state index is 13.7. The maximum Gasteiger partial charge on any atom is 0.345 e. The fraction of sp³-hybridized carbons (Fsp3) is 0.357. The van der Waals surface area contributed by atoms with Crippen LogP contribution in [0, 0.1) is 11.6 Å². The molecule has 0 aliphatic carbocycles. The van der Waals surface area contributed by atoms with E-state index in [1.165, 1.54) is 24.9 Å². The first-order chi connectivity index (χ1) is 10.7. The van der Waals surface area contributed by atoms with Crippen LogP contribution >= 0.6 is 0 Å². The van der Waals surface area contributed by atoms with Gasteiger partial charge in [-0.05, 0) is 13.0 Å². The lowest BCUT2D eigenvalue weighted by Gasteiger charge is -2.24. The summed E-state index contributed by atoms with van der Waals surface area (Å²) in [6.07, 6.45) is 1.26. The van der Waals surface area contributed by atoms with Crippen LogP contribution in [0.4, 0.5) is 8.78 Å². The predicted molar refractivity (Wildman–Crippen MR) is 76.4 cm³/mol. The van der Waals surface area contributed by atoms with Crippen molar-refractivity contribution in [3.05, 3.63) is 52.2 Å². The van der Waals surface area contributed by atoms with Gasteiger partial charge in [0.25, 0.3) is 0 Å². The van der Waals surface area contributed by atoms with E-state index in [-0.39, 0.29) is 18.7 Å². The minimum atomic E-state index is -1.73. The molecule has 1 heterocycles. The zero-order chi connectivity index (χ0) is 17.2. The van der Waals surface area contributed by atoms with Gasteiger partial charge >= 0.3 is 5.69 Å². The molecule has 0 spiro atoms. The third-order valence-electron chi connectivity index (χ3n) is 3.32. The number of aliphatic hydroxyl groups is 1. The monoisotopic (exact) mass is 326 g/mol. The van der Waals surface area contributed by atoms with E-state index >= 15 is 0 Å². The van der Waals surface area contributed by atoms with Crippen molar-refractivity contribution in [1.29, 1.82) is 0 Å². The van der Waals surface area contributed by atoms with Crippen LogP contribution in [0.2, 0.25) is 0 Å². The minimum absolute atomic E-state index is 0.144. The van der Waals surface area contributed by atoms with Crippen LogP contribution in [-0.2, 0) is 24.0 Å². The van der Waals surface area contributed by atoms with E-state index in [1.807, 2.05) is 0 Å². The standard InChI is InChI=1S/C14H16F2N4O3/c1-14(23,10-4-3-9(15)5-11(10)16)7-17-12(21)6-20-13(22)19(2)8-18-20/h3-5,8,23H,6-7H2,1-2H3,(H,17,21). The molecule has 0 bridgehead atoms. The van der Waals surface area contributed by atoms with Gasteiger partial charge in [-0.25, -0.2) is 18.3 Å². The number of nitrogens with one attached hydrogen (secondary N) is 1. The predicted octanol–water partition coefficient (Wildman–Crippen LogP) is -0.116. The van der Waals surface area contributed by atoms with Crippen molar-refractivity contribution in [1.82, 2.24) is 19.7 Å². The third-order valence-corrected chi connectivity index (χ3v) is 3.32. The highest BCUT2D eigenvalue weighted by Crippen LogP contribution is 2.23. The highest BCUT2D eigenvalue weighted by Gasteiger charge is 2.27. The summed E-state index contributed by atoms with van der Waals surface area (Å²) in [5.41, 5.74) is -2.34. The van der Waals surface area contributed by atoms with Crippen molar-refractivity contribution >= 4 is 5.91 Å². The number of amides is 1. The molecular weight excluding hydrogens is 310 g/mol. The number of carbonyl (C=O) groups is 1. The second-order valence-electron chi connectivity index (χ2n) is 5.36. The number of hydrogen-bond donors (Lipinski definition) is 2. The fourth-order valence-corrected chi connectivity index (χ4v) is 2.01. The minimum Gasteiger partial charge on any atom is -0.383 e. The molecule has 0 aliphatic heterocycles. The summed E-state index contributed by atoms with van der Waals surface area (Å²) in [5.74, 6) is -2.25. The van der Waals surface area contributed by atoms with Gasteiger partial charge in [0.2, 0.25) is 5.91 Å². The number of hydrogen-bond acceptors (Lipinski definition) is 4. The molecule has 2 N–H and O–H groups in total. The number of carbonyl (C=O) groups excluding carboxylic acids is 1. The Morgan fingerprint density at radius 1 is 1.43 bits per heavy atom. The van der Waals surface area contributed by atoms with Crippen LogP contribution < -0.4 is 11.0 Å². The topological polar surface area (TPSA) is 89.2 Å². The van der Waals surface area contributed by atoms with Crippen molar-refractivity contribution in [2.75, 3.05) is 6.54 Å². The summed E-state index contributed by atoms with van der Waals surface area (Å²) in [5, 5.41) is 16.4. The lowest BCUT2D eigenvalue weighted by Crippen LogP contribution is -2.41. The van der Waals surface area contributed by atoms with E-state index in [9.17, 15) is 23.5 Å². The molecule has 0 aliphatic rings. The van der Waals surface area contributed by atoms with E-state index in [2.05, 4.69) is 10.4 Å². The smallest absolute Gasteiger partial charge is 0.345 e. The number of rotatable bonds is 5. The number of aryl methyl sites for hydroxylation is 1. The van der Waals surface area contributed by atoms with Crippen LogP contribution in [-0.4, -0.2) is 31.9 Å². The van der Waals surface area contributed by atoms with Gasteiger partial charge < -0.3 is 10.4 Å². The van der Waals surface area contributed by atoms with Crippen molar-refractivity contribution in [3.8, 4) is 0 Å². The van der Waals surface area contributed by atoms with Crippen LogP contribution in [0.25, 0.3) is 0 Å². The van der Waals surface area contributed by atoms with E-state index in [4.69, 9.17) is 0 Å². The van der Waals surface area contributed by atoms with Gasteiger partial charge in [0.15, 0.2) is 0 Å². The highest BCUT2D eigenvalue weighted by atomic mass is 19.1. The number of nitrogens with zero attached hydrogens (tertiary/aromatic N) is 3. The van der Waals surface area contributed by atoms with E-state index in [0.717, 1.165) is 16.8 Å². The van der Waals surface area contributed by atoms with Crippen LogP contribution in [0.15, 0.2) is 29.3 Å². The van der Waals surface area contributed by atoms with Gasteiger partial charge in [0.05, 0.1) is 6.54 Å². The normalized spacial score (nSPS) is 13.6. The van der Waals surface area contributed by atoms with Crippen molar-refractivity contribution < 1.29 is 18.7 Å². The Morgan fingerprint density at radius 2 is 2.13 bits per heavy atom. The Morgan fingerprint density at radius 3 is 2.70 bits per heavy atom. The van der Waals surface area contributed by atoms with Gasteiger partial charge in [-0.3, -0.25) is 9.36 Å². The Labute approximate surface area is 130 Å². The molecular formula is C14H16F2N4O3. The van der Waals surface area contributed by atoms with E-state index < -0.39 is 28.8 Å². The second kappa shape index (κ2) is 6.29. The van der Waals surface area contributed by atoms with Crippen LogP contribution in [0.5, 0.6) is 0 Å².